The van der Waals surface area contributed by atoms with Gasteiger partial charge >= 0.3 is 0 Å². The zero-order valence-corrected chi connectivity index (χ0v) is 9.54. The molecule has 2 atom stereocenters. The zero-order chi connectivity index (χ0) is 12.7. The maximum atomic E-state index is 11.8. The first-order chi connectivity index (χ1) is 8.69. The van der Waals surface area contributed by atoms with Crippen LogP contribution in [0.5, 0.6) is 0 Å². The molecule has 0 radical (unpaired) electrons. The van der Waals surface area contributed by atoms with Crippen LogP contribution in [0.4, 0.5) is 5.95 Å². The lowest BCUT2D eigenvalue weighted by Gasteiger charge is -2.13. The van der Waals surface area contributed by atoms with E-state index in [0.717, 1.165) is 12.8 Å². The van der Waals surface area contributed by atoms with Crippen LogP contribution in [0.25, 0.3) is 11.2 Å². The molecular formula is C10H13N5O3. The fraction of sp³-hybridized carbons (Fsp3) is 0.500. The number of aliphatic hydroxyl groups is 1. The van der Waals surface area contributed by atoms with E-state index in [0.29, 0.717) is 11.2 Å². The average Bonchev–Trinajstić information content (AvgIpc) is 2.93. The van der Waals surface area contributed by atoms with Gasteiger partial charge in [-0.3, -0.25) is 14.3 Å². The van der Waals surface area contributed by atoms with Crippen LogP contribution in [0, 0.1) is 0 Å². The molecular weight excluding hydrogens is 238 g/mol. The first-order valence-corrected chi connectivity index (χ1v) is 5.67. The number of rotatable bonds is 2. The van der Waals surface area contributed by atoms with Gasteiger partial charge in [-0.15, -0.1) is 0 Å². The number of fused-ring (bicyclic) bond motifs is 1. The highest BCUT2D eigenvalue weighted by Crippen LogP contribution is 2.29. The summed E-state index contributed by atoms with van der Waals surface area (Å²) in [5.41, 5.74) is 5.75. The highest BCUT2D eigenvalue weighted by atomic mass is 16.5. The standard InChI is InChI=1S/C10H13N5O3/c11-10-13-8-7(9(17)14-10)15(4-12-8)6-2-1-5(3-16)18-6/h4-6,16H,1-3H2,(H3,11,13,14,17)/t5-,6+/m0/s1. The Bertz CT molecular complexity index is 634. The Morgan fingerprint density at radius 1 is 1.61 bits per heavy atom. The minimum atomic E-state index is -0.342. The largest absolute Gasteiger partial charge is 0.394 e. The monoisotopic (exact) mass is 251 g/mol. The van der Waals surface area contributed by atoms with Crippen molar-refractivity contribution in [1.29, 1.82) is 0 Å². The van der Waals surface area contributed by atoms with Crippen molar-refractivity contribution in [2.75, 3.05) is 12.3 Å². The van der Waals surface area contributed by atoms with E-state index in [-0.39, 0.29) is 30.4 Å². The molecule has 96 valence electrons. The molecule has 1 saturated heterocycles. The van der Waals surface area contributed by atoms with Gasteiger partial charge in [-0.2, -0.15) is 4.98 Å². The number of nitrogens with one attached hydrogen (secondary N) is 1. The van der Waals surface area contributed by atoms with Gasteiger partial charge in [-0.25, -0.2) is 4.98 Å². The first-order valence-electron chi connectivity index (χ1n) is 5.67. The molecule has 0 amide bonds. The lowest BCUT2D eigenvalue weighted by Crippen LogP contribution is -2.18. The molecule has 0 aliphatic carbocycles. The molecule has 0 bridgehead atoms. The van der Waals surface area contributed by atoms with Crippen LogP contribution < -0.4 is 11.3 Å². The minimum absolute atomic E-state index is 0.0231. The second kappa shape index (κ2) is 4.07. The Morgan fingerprint density at radius 2 is 2.44 bits per heavy atom. The summed E-state index contributed by atoms with van der Waals surface area (Å²) in [6.07, 6.45) is 2.50. The number of nitrogen functional groups attached to an aromatic ring is 1. The van der Waals surface area contributed by atoms with Gasteiger partial charge in [0.1, 0.15) is 6.23 Å². The van der Waals surface area contributed by atoms with Crippen LogP contribution in [-0.4, -0.2) is 37.3 Å². The number of hydrogen-bond donors (Lipinski definition) is 3. The van der Waals surface area contributed by atoms with Gasteiger partial charge in [-0.05, 0) is 12.8 Å². The zero-order valence-electron chi connectivity index (χ0n) is 9.54. The van der Waals surface area contributed by atoms with E-state index in [1.807, 2.05) is 0 Å². The molecule has 18 heavy (non-hydrogen) atoms. The number of anilines is 1. The van der Waals surface area contributed by atoms with Crippen LogP contribution in [-0.2, 0) is 4.74 Å². The summed E-state index contributed by atoms with van der Waals surface area (Å²) in [5, 5.41) is 9.04. The van der Waals surface area contributed by atoms with E-state index in [9.17, 15) is 4.79 Å². The number of aromatic amines is 1. The molecule has 8 heteroatoms. The van der Waals surface area contributed by atoms with E-state index >= 15 is 0 Å². The molecule has 8 nitrogen and oxygen atoms in total. The lowest BCUT2D eigenvalue weighted by atomic mass is 10.2. The molecule has 3 heterocycles. The number of nitrogens with two attached hydrogens (primary N) is 1. The van der Waals surface area contributed by atoms with Gasteiger partial charge in [0.25, 0.3) is 5.56 Å². The highest BCUT2D eigenvalue weighted by Gasteiger charge is 2.27. The summed E-state index contributed by atoms with van der Waals surface area (Å²) >= 11 is 0. The van der Waals surface area contributed by atoms with E-state index < -0.39 is 0 Å². The van der Waals surface area contributed by atoms with Gasteiger partial charge in [0, 0.05) is 0 Å². The second-order valence-electron chi connectivity index (χ2n) is 4.25. The summed E-state index contributed by atoms with van der Waals surface area (Å²) < 4.78 is 7.24. The van der Waals surface area contributed by atoms with E-state index in [2.05, 4.69) is 15.0 Å². The molecule has 2 aromatic rings. The third kappa shape index (κ3) is 1.66. The molecule has 1 aliphatic heterocycles. The highest BCUT2D eigenvalue weighted by molar-refractivity contribution is 5.70. The van der Waals surface area contributed by atoms with Crippen molar-refractivity contribution in [3.05, 3.63) is 16.7 Å². The third-order valence-electron chi connectivity index (χ3n) is 3.06. The quantitative estimate of drug-likeness (QED) is 0.654. The number of hydrogen-bond acceptors (Lipinski definition) is 6. The van der Waals surface area contributed by atoms with Gasteiger partial charge in [-0.1, -0.05) is 0 Å². The van der Waals surface area contributed by atoms with E-state index in [1.165, 1.54) is 6.33 Å². The number of H-pyrrole nitrogens is 1. The molecule has 0 spiro atoms. The second-order valence-corrected chi connectivity index (χ2v) is 4.25. The molecule has 0 saturated carbocycles. The van der Waals surface area contributed by atoms with E-state index in [4.69, 9.17) is 15.6 Å². The summed E-state index contributed by atoms with van der Waals surface area (Å²) in [4.78, 5) is 22.3. The number of ether oxygens (including phenoxy) is 1. The molecule has 4 N–H and O–H groups in total. The normalized spacial score (nSPS) is 23.8. The Labute approximate surface area is 101 Å². The third-order valence-corrected chi connectivity index (χ3v) is 3.06. The first kappa shape index (κ1) is 11.2. The topological polar surface area (TPSA) is 119 Å². The molecule has 0 aromatic carbocycles. The predicted octanol–water partition coefficient (Wildman–Crippen LogP) is -0.628. The van der Waals surface area contributed by atoms with Crippen molar-refractivity contribution in [3.8, 4) is 0 Å². The molecule has 0 unspecified atom stereocenters. The van der Waals surface area contributed by atoms with E-state index in [1.54, 1.807) is 4.57 Å². The Kier molecular flexibility index (Phi) is 2.53. The number of aliphatic hydroxyl groups excluding tert-OH is 1. The summed E-state index contributed by atoms with van der Waals surface area (Å²) in [7, 11) is 0. The SMILES string of the molecule is Nc1nc2ncn([C@H]3CC[C@@H](CO)O3)c2c(=O)[nH]1. The van der Waals surface area contributed by atoms with Crippen LogP contribution in [0.15, 0.2) is 11.1 Å². The Morgan fingerprint density at radius 3 is 3.17 bits per heavy atom. The lowest BCUT2D eigenvalue weighted by molar-refractivity contribution is -0.0205. The Balaban J connectivity index is 2.06. The van der Waals surface area contributed by atoms with Crippen molar-refractivity contribution in [1.82, 2.24) is 19.5 Å². The predicted molar refractivity (Wildman–Crippen MR) is 62.8 cm³/mol. The van der Waals surface area contributed by atoms with Crippen LogP contribution in [0.1, 0.15) is 19.1 Å². The molecule has 1 fully saturated rings. The van der Waals surface area contributed by atoms with Crippen molar-refractivity contribution in [2.24, 2.45) is 0 Å². The van der Waals surface area contributed by atoms with Gasteiger partial charge in [0.2, 0.25) is 5.95 Å². The smallest absolute Gasteiger partial charge is 0.278 e. The minimum Gasteiger partial charge on any atom is -0.394 e. The fourth-order valence-electron chi connectivity index (χ4n) is 2.21. The molecule has 3 rings (SSSR count). The molecule has 2 aromatic heterocycles. The summed E-state index contributed by atoms with van der Waals surface area (Å²) in [6, 6.07) is 0. The van der Waals surface area contributed by atoms with Gasteiger partial charge in [0.15, 0.2) is 11.2 Å². The molecule has 1 aliphatic rings. The van der Waals surface area contributed by atoms with Gasteiger partial charge in [0.05, 0.1) is 19.0 Å². The van der Waals surface area contributed by atoms with Gasteiger partial charge < -0.3 is 15.6 Å². The van der Waals surface area contributed by atoms with Crippen LogP contribution in [0.3, 0.4) is 0 Å². The fourth-order valence-corrected chi connectivity index (χ4v) is 2.21. The van der Waals surface area contributed by atoms with Crippen molar-refractivity contribution in [2.45, 2.75) is 25.2 Å². The van der Waals surface area contributed by atoms with Crippen molar-refractivity contribution < 1.29 is 9.84 Å². The number of imidazole rings is 1. The summed E-state index contributed by atoms with van der Waals surface area (Å²) in [5.74, 6) is 0.0401. The number of aromatic nitrogens is 4. The maximum Gasteiger partial charge on any atom is 0.278 e. The number of nitrogens with zero attached hydrogens (tertiary/aromatic N) is 3. The van der Waals surface area contributed by atoms with Crippen molar-refractivity contribution >= 4 is 17.1 Å². The van der Waals surface area contributed by atoms with Crippen LogP contribution >= 0.6 is 0 Å². The maximum absolute atomic E-state index is 11.8. The Hall–Kier alpha value is -1.93. The summed E-state index contributed by atoms with van der Waals surface area (Å²) in [6.45, 7) is -0.0231. The van der Waals surface area contributed by atoms with Crippen LogP contribution in [0.2, 0.25) is 0 Å². The average molecular weight is 251 g/mol. The van der Waals surface area contributed by atoms with Crippen molar-refractivity contribution in [3.63, 3.8) is 0 Å².